The van der Waals surface area contributed by atoms with Crippen molar-refractivity contribution in [1.82, 2.24) is 9.97 Å². The fourth-order valence-electron chi connectivity index (χ4n) is 3.83. The van der Waals surface area contributed by atoms with Crippen LogP contribution in [0.25, 0.3) is 22.2 Å². The SMILES string of the molecule is Cc1nc(OCc2ccccc2)c(CCc2nc3ccccc3o2)cc1-c1ccccc1. The average Bonchev–Trinajstić information content (AvgIpc) is 3.26. The van der Waals surface area contributed by atoms with Crippen molar-refractivity contribution in [2.75, 3.05) is 0 Å². The molecule has 4 heteroatoms. The molecule has 2 aromatic heterocycles. The maximum atomic E-state index is 6.18. The summed E-state index contributed by atoms with van der Waals surface area (Å²) in [6.07, 6.45) is 1.40. The number of rotatable bonds is 7. The number of para-hydroxylation sites is 2. The zero-order chi connectivity index (χ0) is 21.8. The number of oxazole rings is 1. The summed E-state index contributed by atoms with van der Waals surface area (Å²) in [6, 6.07) is 30.5. The lowest BCUT2D eigenvalue weighted by Gasteiger charge is -2.14. The predicted octanol–water partition coefficient (Wildman–Crippen LogP) is 6.56. The van der Waals surface area contributed by atoms with Crippen LogP contribution < -0.4 is 4.74 Å². The van der Waals surface area contributed by atoms with Crippen LogP contribution in [0, 0.1) is 6.92 Å². The zero-order valence-electron chi connectivity index (χ0n) is 18.0. The number of fused-ring (bicyclic) bond motifs is 1. The molecule has 0 bridgehead atoms. The van der Waals surface area contributed by atoms with Gasteiger partial charge in [-0.15, -0.1) is 0 Å². The Bertz CT molecular complexity index is 1290. The Morgan fingerprint density at radius 1 is 0.781 bits per heavy atom. The van der Waals surface area contributed by atoms with Gasteiger partial charge >= 0.3 is 0 Å². The number of aromatic nitrogens is 2. The highest BCUT2D eigenvalue weighted by Crippen LogP contribution is 2.29. The topological polar surface area (TPSA) is 48.2 Å². The summed E-state index contributed by atoms with van der Waals surface area (Å²) in [5.74, 6) is 1.39. The average molecular weight is 421 g/mol. The fraction of sp³-hybridized carbons (Fsp3) is 0.143. The van der Waals surface area contributed by atoms with E-state index in [2.05, 4.69) is 35.3 Å². The molecule has 0 radical (unpaired) electrons. The van der Waals surface area contributed by atoms with Crippen molar-refractivity contribution in [3.8, 4) is 17.0 Å². The van der Waals surface area contributed by atoms with E-state index in [1.807, 2.05) is 67.6 Å². The third-order valence-electron chi connectivity index (χ3n) is 5.50. The Morgan fingerprint density at radius 2 is 1.50 bits per heavy atom. The fourth-order valence-corrected chi connectivity index (χ4v) is 3.83. The van der Waals surface area contributed by atoms with Crippen LogP contribution in [0.5, 0.6) is 5.88 Å². The predicted molar refractivity (Wildman–Crippen MR) is 127 cm³/mol. The number of ether oxygens (including phenoxy) is 1. The lowest BCUT2D eigenvalue weighted by Crippen LogP contribution is -2.04. The lowest BCUT2D eigenvalue weighted by molar-refractivity contribution is 0.289. The summed E-state index contributed by atoms with van der Waals surface area (Å²) in [5.41, 5.74) is 7.08. The second kappa shape index (κ2) is 9.06. The first kappa shape index (κ1) is 20.0. The summed E-state index contributed by atoms with van der Waals surface area (Å²) in [6.45, 7) is 2.51. The molecule has 0 aliphatic carbocycles. The minimum Gasteiger partial charge on any atom is -0.473 e. The molecule has 0 atom stereocenters. The molecule has 0 saturated heterocycles. The van der Waals surface area contributed by atoms with E-state index < -0.39 is 0 Å². The Kier molecular flexibility index (Phi) is 5.67. The first-order valence-corrected chi connectivity index (χ1v) is 10.8. The number of pyridine rings is 1. The third-order valence-corrected chi connectivity index (χ3v) is 5.50. The van der Waals surface area contributed by atoms with Gasteiger partial charge in [0.25, 0.3) is 0 Å². The smallest absolute Gasteiger partial charge is 0.217 e. The van der Waals surface area contributed by atoms with Gasteiger partial charge in [0.1, 0.15) is 12.1 Å². The molecule has 2 heterocycles. The van der Waals surface area contributed by atoms with E-state index in [9.17, 15) is 0 Å². The summed E-state index contributed by atoms with van der Waals surface area (Å²) in [5, 5.41) is 0. The molecule has 0 fully saturated rings. The number of nitrogens with zero attached hydrogens (tertiary/aromatic N) is 2. The minimum atomic E-state index is 0.480. The van der Waals surface area contributed by atoms with Crippen molar-refractivity contribution in [3.63, 3.8) is 0 Å². The van der Waals surface area contributed by atoms with Gasteiger partial charge in [0, 0.05) is 23.2 Å². The maximum absolute atomic E-state index is 6.18. The Hall–Kier alpha value is -3.92. The van der Waals surface area contributed by atoms with Crippen molar-refractivity contribution < 1.29 is 9.15 Å². The molecule has 4 nitrogen and oxygen atoms in total. The molecule has 0 saturated carbocycles. The largest absolute Gasteiger partial charge is 0.473 e. The van der Waals surface area contributed by atoms with Gasteiger partial charge in [-0.25, -0.2) is 9.97 Å². The van der Waals surface area contributed by atoms with Crippen molar-refractivity contribution in [1.29, 1.82) is 0 Å². The molecule has 32 heavy (non-hydrogen) atoms. The molecule has 0 spiro atoms. The third kappa shape index (κ3) is 4.40. The van der Waals surface area contributed by atoms with E-state index in [1.54, 1.807) is 0 Å². The van der Waals surface area contributed by atoms with Gasteiger partial charge in [-0.3, -0.25) is 0 Å². The van der Waals surface area contributed by atoms with Gasteiger partial charge in [-0.05, 0) is 42.7 Å². The monoisotopic (exact) mass is 420 g/mol. The molecular formula is C28H24N2O2. The number of hydrogen-bond donors (Lipinski definition) is 0. The molecular weight excluding hydrogens is 396 g/mol. The van der Waals surface area contributed by atoms with E-state index in [4.69, 9.17) is 14.1 Å². The quantitative estimate of drug-likeness (QED) is 0.299. The molecule has 5 rings (SSSR count). The Balaban J connectivity index is 1.45. The summed E-state index contributed by atoms with van der Waals surface area (Å²) in [4.78, 5) is 9.47. The van der Waals surface area contributed by atoms with E-state index >= 15 is 0 Å². The van der Waals surface area contributed by atoms with E-state index in [0.717, 1.165) is 51.4 Å². The summed E-state index contributed by atoms with van der Waals surface area (Å²) >= 11 is 0. The van der Waals surface area contributed by atoms with Gasteiger partial charge in [0.2, 0.25) is 5.88 Å². The molecule has 0 aliphatic rings. The first-order valence-electron chi connectivity index (χ1n) is 10.8. The van der Waals surface area contributed by atoms with Crippen molar-refractivity contribution >= 4 is 11.1 Å². The Labute approximate surface area is 187 Å². The van der Waals surface area contributed by atoms with E-state index in [-0.39, 0.29) is 0 Å². The first-order chi connectivity index (χ1) is 15.8. The van der Waals surface area contributed by atoms with Gasteiger partial charge in [0.15, 0.2) is 11.5 Å². The van der Waals surface area contributed by atoms with Crippen molar-refractivity contribution in [3.05, 3.63) is 114 Å². The standard InChI is InChI=1S/C28H24N2O2/c1-20-24(22-12-6-3-7-13-22)18-23(28(29-20)31-19-21-10-4-2-5-11-21)16-17-27-30-25-14-8-9-15-26(25)32-27/h2-15,18H,16-17,19H2,1H3. The highest BCUT2D eigenvalue weighted by molar-refractivity contribution is 5.72. The minimum absolute atomic E-state index is 0.480. The molecule has 0 amide bonds. The van der Waals surface area contributed by atoms with Crippen LogP contribution in [0.4, 0.5) is 0 Å². The number of benzene rings is 3. The van der Waals surface area contributed by atoms with Crippen molar-refractivity contribution in [2.24, 2.45) is 0 Å². The van der Waals surface area contributed by atoms with Crippen molar-refractivity contribution in [2.45, 2.75) is 26.4 Å². The van der Waals surface area contributed by atoms with Gasteiger partial charge < -0.3 is 9.15 Å². The van der Waals surface area contributed by atoms with E-state index in [1.165, 1.54) is 0 Å². The normalized spacial score (nSPS) is 11.0. The highest BCUT2D eigenvalue weighted by atomic mass is 16.5. The maximum Gasteiger partial charge on any atom is 0.217 e. The lowest BCUT2D eigenvalue weighted by atomic mass is 10.0. The zero-order valence-corrected chi connectivity index (χ0v) is 18.0. The molecule has 5 aromatic rings. The molecule has 3 aromatic carbocycles. The van der Waals surface area contributed by atoms with Crippen LogP contribution in [0.2, 0.25) is 0 Å². The second-order valence-corrected chi connectivity index (χ2v) is 7.80. The summed E-state index contributed by atoms with van der Waals surface area (Å²) < 4.78 is 12.1. The van der Waals surface area contributed by atoms with Crippen LogP contribution in [-0.4, -0.2) is 9.97 Å². The highest BCUT2D eigenvalue weighted by Gasteiger charge is 2.14. The number of aryl methyl sites for hydroxylation is 3. The van der Waals surface area contributed by atoms with Gasteiger partial charge in [-0.2, -0.15) is 0 Å². The second-order valence-electron chi connectivity index (χ2n) is 7.80. The van der Waals surface area contributed by atoms with Crippen LogP contribution in [-0.2, 0) is 19.4 Å². The van der Waals surface area contributed by atoms with E-state index in [0.29, 0.717) is 18.9 Å². The molecule has 158 valence electrons. The molecule has 0 unspecified atom stereocenters. The van der Waals surface area contributed by atoms with Gasteiger partial charge in [-0.1, -0.05) is 72.8 Å². The van der Waals surface area contributed by atoms with Crippen LogP contribution in [0.15, 0.2) is 95.4 Å². The molecule has 0 N–H and O–H groups in total. The van der Waals surface area contributed by atoms with Gasteiger partial charge in [0.05, 0.1) is 0 Å². The summed E-state index contributed by atoms with van der Waals surface area (Å²) in [7, 11) is 0. The Morgan fingerprint density at radius 3 is 2.28 bits per heavy atom. The van der Waals surface area contributed by atoms with Crippen LogP contribution >= 0.6 is 0 Å². The number of hydrogen-bond acceptors (Lipinski definition) is 4. The van der Waals surface area contributed by atoms with Crippen LogP contribution in [0.3, 0.4) is 0 Å². The van der Waals surface area contributed by atoms with Crippen LogP contribution in [0.1, 0.15) is 22.7 Å². The molecule has 0 aliphatic heterocycles.